The molecule has 4 N–H and O–H groups in total. The minimum Gasteiger partial charge on any atom is -0.355 e. The normalized spacial score (nSPS) is 23.2. The van der Waals surface area contributed by atoms with Gasteiger partial charge in [0.15, 0.2) is 0 Å². The zero-order valence-electron chi connectivity index (χ0n) is 10.5. The number of piperidine rings is 1. The average molecular weight is 227 g/mol. The molecule has 0 aliphatic carbocycles. The van der Waals surface area contributed by atoms with Crippen molar-refractivity contribution in [2.24, 2.45) is 16.8 Å². The summed E-state index contributed by atoms with van der Waals surface area (Å²) in [7, 11) is 2.17. The number of guanidine groups is 1. The van der Waals surface area contributed by atoms with Crippen LogP contribution in [0.25, 0.3) is 0 Å². The van der Waals surface area contributed by atoms with Crippen LogP contribution in [0.2, 0.25) is 0 Å². The Kier molecular flexibility index (Phi) is 6.18. The fourth-order valence-corrected chi connectivity index (χ4v) is 2.04. The molecule has 94 valence electrons. The highest BCUT2D eigenvalue weighted by Gasteiger charge is 2.16. The third-order valence-corrected chi connectivity index (χ3v) is 2.91. The van der Waals surface area contributed by atoms with Crippen molar-refractivity contribution >= 4 is 5.96 Å². The fourth-order valence-electron chi connectivity index (χ4n) is 2.04. The summed E-state index contributed by atoms with van der Waals surface area (Å²) in [6.07, 6.45) is 3.64. The number of rotatable bonds is 4. The summed E-state index contributed by atoms with van der Waals surface area (Å²) in [5, 5.41) is 3.17. The molecule has 0 amide bonds. The zero-order valence-corrected chi connectivity index (χ0v) is 10.5. The van der Waals surface area contributed by atoms with Gasteiger partial charge in [-0.15, -0.1) is 0 Å². The van der Waals surface area contributed by atoms with E-state index in [4.69, 9.17) is 5.84 Å². The summed E-state index contributed by atoms with van der Waals surface area (Å²) in [5.74, 6) is 6.79. The number of aliphatic imine (C=N–C) groups is 1. The van der Waals surface area contributed by atoms with Crippen LogP contribution in [0.1, 0.15) is 26.2 Å². The van der Waals surface area contributed by atoms with E-state index < -0.39 is 0 Å². The number of hydrazine groups is 1. The van der Waals surface area contributed by atoms with E-state index in [1.165, 1.54) is 19.4 Å². The molecule has 1 rings (SSSR count). The SMILES string of the molecule is CCCNC(=NCC1CCCN(C)C1)NN. The molecular weight excluding hydrogens is 202 g/mol. The number of hydrogen-bond donors (Lipinski definition) is 3. The van der Waals surface area contributed by atoms with Gasteiger partial charge in [0.1, 0.15) is 0 Å². The van der Waals surface area contributed by atoms with Crippen molar-refractivity contribution in [2.75, 3.05) is 33.2 Å². The predicted octanol–water partition coefficient (Wildman–Crippen LogP) is 0.147. The topological polar surface area (TPSA) is 65.7 Å². The van der Waals surface area contributed by atoms with Gasteiger partial charge in [0.05, 0.1) is 0 Å². The number of nitrogens with zero attached hydrogens (tertiary/aromatic N) is 2. The van der Waals surface area contributed by atoms with Crippen LogP contribution in [0.15, 0.2) is 4.99 Å². The van der Waals surface area contributed by atoms with Crippen LogP contribution in [0.4, 0.5) is 0 Å². The van der Waals surface area contributed by atoms with Gasteiger partial charge < -0.3 is 10.2 Å². The monoisotopic (exact) mass is 227 g/mol. The molecule has 5 nitrogen and oxygen atoms in total. The summed E-state index contributed by atoms with van der Waals surface area (Å²) in [4.78, 5) is 6.85. The van der Waals surface area contributed by atoms with E-state index in [-0.39, 0.29) is 0 Å². The van der Waals surface area contributed by atoms with Crippen molar-refractivity contribution in [3.8, 4) is 0 Å². The second kappa shape index (κ2) is 7.46. The van der Waals surface area contributed by atoms with Crippen molar-refractivity contribution in [2.45, 2.75) is 26.2 Å². The molecule has 1 heterocycles. The molecule has 0 saturated carbocycles. The van der Waals surface area contributed by atoms with Gasteiger partial charge in [0.2, 0.25) is 5.96 Å². The lowest BCUT2D eigenvalue weighted by atomic mass is 9.99. The first kappa shape index (κ1) is 13.3. The first-order valence-corrected chi connectivity index (χ1v) is 6.19. The van der Waals surface area contributed by atoms with E-state index >= 15 is 0 Å². The van der Waals surface area contributed by atoms with Gasteiger partial charge in [0, 0.05) is 19.6 Å². The molecule has 0 aromatic heterocycles. The smallest absolute Gasteiger partial charge is 0.205 e. The quantitative estimate of drug-likeness (QED) is 0.277. The lowest BCUT2D eigenvalue weighted by Crippen LogP contribution is -2.42. The van der Waals surface area contributed by atoms with Crippen LogP contribution in [-0.4, -0.2) is 44.1 Å². The second-order valence-corrected chi connectivity index (χ2v) is 4.53. The Morgan fingerprint density at radius 3 is 3.00 bits per heavy atom. The van der Waals surface area contributed by atoms with E-state index in [0.717, 1.165) is 32.0 Å². The third-order valence-electron chi connectivity index (χ3n) is 2.91. The maximum absolute atomic E-state index is 5.40. The molecule has 0 radical (unpaired) electrons. The Morgan fingerprint density at radius 1 is 1.56 bits per heavy atom. The Labute approximate surface area is 98.4 Å². The van der Waals surface area contributed by atoms with Crippen molar-refractivity contribution in [1.82, 2.24) is 15.6 Å². The van der Waals surface area contributed by atoms with Crippen molar-refractivity contribution in [3.63, 3.8) is 0 Å². The molecule has 1 saturated heterocycles. The average Bonchev–Trinajstić information content (AvgIpc) is 2.29. The summed E-state index contributed by atoms with van der Waals surface area (Å²) >= 11 is 0. The van der Waals surface area contributed by atoms with Gasteiger partial charge in [0.25, 0.3) is 0 Å². The van der Waals surface area contributed by atoms with Gasteiger partial charge >= 0.3 is 0 Å². The first-order chi connectivity index (χ1) is 7.76. The van der Waals surface area contributed by atoms with Gasteiger partial charge in [-0.3, -0.25) is 10.4 Å². The molecule has 0 aromatic carbocycles. The summed E-state index contributed by atoms with van der Waals surface area (Å²) in [6.45, 7) is 6.26. The molecule has 0 spiro atoms. The summed E-state index contributed by atoms with van der Waals surface area (Å²) < 4.78 is 0. The van der Waals surface area contributed by atoms with Gasteiger partial charge in [-0.05, 0) is 38.8 Å². The number of hydrogen-bond acceptors (Lipinski definition) is 3. The van der Waals surface area contributed by atoms with Crippen LogP contribution in [-0.2, 0) is 0 Å². The molecule has 16 heavy (non-hydrogen) atoms. The van der Waals surface area contributed by atoms with E-state index in [1.807, 2.05) is 0 Å². The van der Waals surface area contributed by atoms with Crippen LogP contribution >= 0.6 is 0 Å². The highest BCUT2D eigenvalue weighted by molar-refractivity contribution is 5.79. The standard InChI is InChI=1S/C11H25N5/c1-3-6-13-11(15-12)14-8-10-5-4-7-16(2)9-10/h10H,3-9,12H2,1-2H3,(H2,13,14,15). The summed E-state index contributed by atoms with van der Waals surface area (Å²) in [5.41, 5.74) is 2.61. The van der Waals surface area contributed by atoms with E-state index in [2.05, 4.69) is 34.6 Å². The van der Waals surface area contributed by atoms with Crippen molar-refractivity contribution in [1.29, 1.82) is 0 Å². The maximum atomic E-state index is 5.40. The van der Waals surface area contributed by atoms with Crippen LogP contribution < -0.4 is 16.6 Å². The molecule has 1 unspecified atom stereocenters. The number of likely N-dealkylation sites (tertiary alicyclic amines) is 1. The van der Waals surface area contributed by atoms with Gasteiger partial charge in [-0.1, -0.05) is 6.92 Å². The minimum atomic E-state index is 0.672. The van der Waals surface area contributed by atoms with Crippen LogP contribution in [0.3, 0.4) is 0 Å². The summed E-state index contributed by atoms with van der Waals surface area (Å²) in [6, 6.07) is 0. The molecular formula is C11H25N5. The van der Waals surface area contributed by atoms with Crippen molar-refractivity contribution in [3.05, 3.63) is 0 Å². The van der Waals surface area contributed by atoms with Gasteiger partial charge in [-0.2, -0.15) is 0 Å². The lowest BCUT2D eigenvalue weighted by molar-refractivity contribution is 0.214. The molecule has 1 aliphatic heterocycles. The number of nitrogens with one attached hydrogen (secondary N) is 2. The Balaban J connectivity index is 2.31. The Morgan fingerprint density at radius 2 is 2.38 bits per heavy atom. The van der Waals surface area contributed by atoms with Gasteiger partial charge in [-0.25, -0.2) is 5.84 Å². The van der Waals surface area contributed by atoms with E-state index in [9.17, 15) is 0 Å². The highest BCUT2D eigenvalue weighted by Crippen LogP contribution is 2.14. The van der Waals surface area contributed by atoms with Crippen LogP contribution in [0.5, 0.6) is 0 Å². The molecule has 1 aliphatic rings. The maximum Gasteiger partial charge on any atom is 0.205 e. The highest BCUT2D eigenvalue weighted by atomic mass is 15.3. The molecule has 0 bridgehead atoms. The molecule has 0 aromatic rings. The third kappa shape index (κ3) is 4.81. The van der Waals surface area contributed by atoms with E-state index in [0.29, 0.717) is 5.92 Å². The lowest BCUT2D eigenvalue weighted by Gasteiger charge is -2.28. The predicted molar refractivity (Wildman–Crippen MR) is 68.1 cm³/mol. The Hall–Kier alpha value is -0.810. The molecule has 1 fully saturated rings. The molecule has 1 atom stereocenters. The second-order valence-electron chi connectivity index (χ2n) is 4.53. The zero-order chi connectivity index (χ0) is 11.8. The molecule has 5 heteroatoms. The minimum absolute atomic E-state index is 0.672. The number of nitrogens with two attached hydrogens (primary N) is 1. The fraction of sp³-hybridized carbons (Fsp3) is 0.909. The van der Waals surface area contributed by atoms with Crippen LogP contribution in [0, 0.1) is 5.92 Å². The largest absolute Gasteiger partial charge is 0.355 e. The Bertz CT molecular complexity index is 216. The van der Waals surface area contributed by atoms with Crippen molar-refractivity contribution < 1.29 is 0 Å². The van der Waals surface area contributed by atoms with E-state index in [1.54, 1.807) is 0 Å². The first-order valence-electron chi connectivity index (χ1n) is 6.19.